The third-order valence-electron chi connectivity index (χ3n) is 5.27. The number of likely N-dealkylation sites (tertiary alicyclic amines) is 1. The van der Waals surface area contributed by atoms with Crippen LogP contribution >= 0.6 is 24.0 Å². The van der Waals surface area contributed by atoms with Crippen LogP contribution in [0.4, 0.5) is 0 Å². The van der Waals surface area contributed by atoms with Crippen molar-refractivity contribution in [1.82, 2.24) is 9.80 Å². The van der Waals surface area contributed by atoms with Crippen molar-refractivity contribution in [3.05, 3.63) is 34.7 Å². The standard InChI is InChI=1S/C22H28N2O3S2/c1-27-18-11-9-17(10-12-18)16-19-21(26)24(22(28)29-19)15-7-2-4-8-20(25)23-13-5-3-6-14-23/h9-12,16H,2-8,13-15H2,1H3. The molecule has 2 fully saturated rings. The first kappa shape index (κ1) is 21.8. The molecule has 0 bridgehead atoms. The second-order valence-corrected chi connectivity index (χ2v) is 9.03. The Bertz CT molecular complexity index is 771. The van der Waals surface area contributed by atoms with Gasteiger partial charge in [0.15, 0.2) is 0 Å². The average Bonchev–Trinajstić information content (AvgIpc) is 3.01. The number of piperidine rings is 1. The Kier molecular flexibility index (Phi) is 8.12. The summed E-state index contributed by atoms with van der Waals surface area (Å²) >= 11 is 6.75. The Morgan fingerprint density at radius 3 is 2.55 bits per heavy atom. The Morgan fingerprint density at radius 1 is 1.14 bits per heavy atom. The molecule has 2 aliphatic rings. The molecule has 5 nitrogen and oxygen atoms in total. The van der Waals surface area contributed by atoms with E-state index in [4.69, 9.17) is 17.0 Å². The molecule has 0 atom stereocenters. The van der Waals surface area contributed by atoms with Gasteiger partial charge in [-0.3, -0.25) is 14.5 Å². The van der Waals surface area contributed by atoms with Gasteiger partial charge in [-0.2, -0.15) is 0 Å². The Hall–Kier alpha value is -1.86. The van der Waals surface area contributed by atoms with Crippen molar-refractivity contribution in [1.29, 1.82) is 0 Å². The maximum Gasteiger partial charge on any atom is 0.266 e. The van der Waals surface area contributed by atoms with Crippen LogP contribution in [0, 0.1) is 0 Å². The van der Waals surface area contributed by atoms with Gasteiger partial charge in [-0.1, -0.05) is 42.5 Å². The molecule has 3 rings (SSSR count). The van der Waals surface area contributed by atoms with E-state index < -0.39 is 0 Å². The number of amides is 2. The van der Waals surface area contributed by atoms with Crippen molar-refractivity contribution in [2.75, 3.05) is 26.7 Å². The number of nitrogens with zero attached hydrogens (tertiary/aromatic N) is 2. The molecule has 29 heavy (non-hydrogen) atoms. The second kappa shape index (κ2) is 10.8. The second-order valence-electron chi connectivity index (χ2n) is 7.36. The maximum absolute atomic E-state index is 12.7. The van der Waals surface area contributed by atoms with Gasteiger partial charge < -0.3 is 9.64 Å². The molecule has 1 aromatic rings. The minimum atomic E-state index is -0.0276. The SMILES string of the molecule is COc1ccc(C=C2SC(=S)N(CCCCCC(=O)N3CCCCC3)C2=O)cc1. The van der Waals surface area contributed by atoms with E-state index in [1.807, 2.05) is 35.2 Å². The summed E-state index contributed by atoms with van der Waals surface area (Å²) in [6.45, 7) is 2.44. The first-order valence-electron chi connectivity index (χ1n) is 10.3. The normalized spacial score (nSPS) is 18.6. The van der Waals surface area contributed by atoms with Crippen molar-refractivity contribution >= 4 is 46.2 Å². The fourth-order valence-corrected chi connectivity index (χ4v) is 4.88. The highest BCUT2D eigenvalue weighted by Crippen LogP contribution is 2.33. The number of thiocarbonyl (C=S) groups is 1. The molecule has 2 saturated heterocycles. The third kappa shape index (κ3) is 6.06. The van der Waals surface area contributed by atoms with E-state index in [1.54, 1.807) is 12.0 Å². The summed E-state index contributed by atoms with van der Waals surface area (Å²) in [5, 5.41) is 0. The smallest absolute Gasteiger partial charge is 0.266 e. The zero-order valence-corrected chi connectivity index (χ0v) is 18.5. The lowest BCUT2D eigenvalue weighted by Gasteiger charge is -2.26. The predicted octanol–water partition coefficient (Wildman–Crippen LogP) is 4.47. The van der Waals surface area contributed by atoms with E-state index in [2.05, 4.69) is 0 Å². The number of thioether (sulfide) groups is 1. The molecule has 0 aromatic heterocycles. The van der Waals surface area contributed by atoms with Crippen molar-refractivity contribution in [3.8, 4) is 5.75 Å². The molecule has 1 aromatic carbocycles. The van der Waals surface area contributed by atoms with Crippen molar-refractivity contribution in [2.45, 2.75) is 44.9 Å². The predicted molar refractivity (Wildman–Crippen MR) is 122 cm³/mol. The van der Waals surface area contributed by atoms with Gasteiger partial charge >= 0.3 is 0 Å². The van der Waals surface area contributed by atoms with Crippen molar-refractivity contribution in [3.63, 3.8) is 0 Å². The van der Waals surface area contributed by atoms with Crippen LogP contribution in [0.3, 0.4) is 0 Å². The summed E-state index contributed by atoms with van der Waals surface area (Å²) in [6.07, 6.45) is 8.62. The van der Waals surface area contributed by atoms with Crippen LogP contribution in [-0.4, -0.2) is 52.7 Å². The van der Waals surface area contributed by atoms with E-state index in [1.165, 1.54) is 18.2 Å². The van der Waals surface area contributed by atoms with Crippen molar-refractivity contribution in [2.24, 2.45) is 0 Å². The van der Waals surface area contributed by atoms with E-state index in [0.29, 0.717) is 22.2 Å². The number of carbonyl (C=O) groups is 2. The molecular formula is C22H28N2O3S2. The molecule has 0 aliphatic carbocycles. The van der Waals surface area contributed by atoms with Gasteiger partial charge in [-0.05, 0) is 55.9 Å². The van der Waals surface area contributed by atoms with Crippen LogP contribution in [0.1, 0.15) is 50.5 Å². The summed E-state index contributed by atoms with van der Waals surface area (Å²) in [4.78, 5) is 29.2. The molecule has 2 heterocycles. The number of carbonyl (C=O) groups excluding carboxylic acids is 2. The van der Waals surface area contributed by atoms with Gasteiger partial charge in [0, 0.05) is 26.1 Å². The van der Waals surface area contributed by atoms with Crippen molar-refractivity contribution < 1.29 is 14.3 Å². The molecule has 0 N–H and O–H groups in total. The van der Waals surface area contributed by atoms with E-state index >= 15 is 0 Å². The fourth-order valence-electron chi connectivity index (χ4n) is 3.57. The molecule has 2 amide bonds. The van der Waals surface area contributed by atoms with E-state index in [0.717, 1.165) is 56.5 Å². The third-order valence-corrected chi connectivity index (χ3v) is 6.65. The summed E-state index contributed by atoms with van der Waals surface area (Å²) in [6, 6.07) is 7.59. The average molecular weight is 433 g/mol. The molecular weight excluding hydrogens is 404 g/mol. The summed E-state index contributed by atoms with van der Waals surface area (Å²) < 4.78 is 5.77. The minimum Gasteiger partial charge on any atom is -0.497 e. The minimum absolute atomic E-state index is 0.0276. The summed E-state index contributed by atoms with van der Waals surface area (Å²) in [5.41, 5.74) is 0.947. The lowest BCUT2D eigenvalue weighted by atomic mass is 10.1. The number of hydrogen-bond donors (Lipinski definition) is 0. The van der Waals surface area contributed by atoms with E-state index in [9.17, 15) is 9.59 Å². The number of unbranched alkanes of at least 4 members (excludes halogenated alkanes) is 2. The summed E-state index contributed by atoms with van der Waals surface area (Å²) in [7, 11) is 1.63. The number of benzene rings is 1. The van der Waals surface area contributed by atoms with Crippen LogP contribution in [0.5, 0.6) is 5.75 Å². The fraction of sp³-hybridized carbons (Fsp3) is 0.500. The monoisotopic (exact) mass is 432 g/mol. The molecule has 0 saturated carbocycles. The quantitative estimate of drug-likeness (QED) is 0.345. The zero-order valence-electron chi connectivity index (χ0n) is 16.9. The Labute approximate surface area is 182 Å². The van der Waals surface area contributed by atoms with Gasteiger partial charge in [0.05, 0.1) is 12.0 Å². The molecule has 2 aliphatic heterocycles. The number of methoxy groups -OCH3 is 1. The van der Waals surface area contributed by atoms with Crippen LogP contribution < -0.4 is 4.74 Å². The van der Waals surface area contributed by atoms with Crippen LogP contribution in [0.25, 0.3) is 6.08 Å². The maximum atomic E-state index is 12.7. The highest BCUT2D eigenvalue weighted by Gasteiger charge is 2.31. The van der Waals surface area contributed by atoms with Gasteiger partial charge in [0.2, 0.25) is 5.91 Å². The summed E-state index contributed by atoms with van der Waals surface area (Å²) in [5.74, 6) is 1.03. The number of rotatable bonds is 8. The van der Waals surface area contributed by atoms with Crippen LogP contribution in [-0.2, 0) is 9.59 Å². The zero-order chi connectivity index (χ0) is 20.6. The Balaban J connectivity index is 1.42. The molecule has 7 heteroatoms. The molecule has 156 valence electrons. The highest BCUT2D eigenvalue weighted by molar-refractivity contribution is 8.26. The molecule has 0 radical (unpaired) electrons. The highest BCUT2D eigenvalue weighted by atomic mass is 32.2. The molecule has 0 unspecified atom stereocenters. The van der Waals surface area contributed by atoms with Crippen LogP contribution in [0.2, 0.25) is 0 Å². The van der Waals surface area contributed by atoms with Gasteiger partial charge in [0.25, 0.3) is 5.91 Å². The van der Waals surface area contributed by atoms with Gasteiger partial charge in [-0.15, -0.1) is 0 Å². The first-order valence-corrected chi connectivity index (χ1v) is 11.5. The first-order chi connectivity index (χ1) is 14.1. The molecule has 0 spiro atoms. The lowest BCUT2D eigenvalue weighted by molar-refractivity contribution is -0.132. The van der Waals surface area contributed by atoms with Gasteiger partial charge in [0.1, 0.15) is 10.1 Å². The lowest BCUT2D eigenvalue weighted by Crippen LogP contribution is -2.35. The number of ether oxygens (including phenoxy) is 1. The Morgan fingerprint density at radius 2 is 1.86 bits per heavy atom. The topological polar surface area (TPSA) is 49.9 Å². The van der Waals surface area contributed by atoms with Crippen LogP contribution in [0.15, 0.2) is 29.2 Å². The van der Waals surface area contributed by atoms with E-state index in [-0.39, 0.29) is 11.8 Å². The number of hydrogen-bond acceptors (Lipinski definition) is 5. The van der Waals surface area contributed by atoms with Gasteiger partial charge in [-0.25, -0.2) is 0 Å². The largest absolute Gasteiger partial charge is 0.497 e.